The van der Waals surface area contributed by atoms with Crippen LogP contribution in [0.3, 0.4) is 0 Å². The highest BCUT2D eigenvalue weighted by Crippen LogP contribution is 2.33. The fourth-order valence-corrected chi connectivity index (χ4v) is 1.74. The van der Waals surface area contributed by atoms with Gasteiger partial charge in [0.05, 0.1) is 5.69 Å². The van der Waals surface area contributed by atoms with E-state index in [2.05, 4.69) is 4.98 Å². The molecule has 80 valence electrons. The average molecular weight is 213 g/mol. The maximum absolute atomic E-state index is 5.53. The normalized spacial score (nSPS) is 13.5. The van der Waals surface area contributed by atoms with Crippen molar-refractivity contribution in [1.82, 2.24) is 4.98 Å². The Hall–Kier alpha value is -2.03. The molecule has 0 amide bonds. The smallest absolute Gasteiger partial charge is 0.162 e. The van der Waals surface area contributed by atoms with E-state index in [-0.39, 0.29) is 0 Å². The van der Waals surface area contributed by atoms with Gasteiger partial charge in [0.25, 0.3) is 0 Å². The quantitative estimate of drug-likeness (QED) is 0.729. The number of pyridine rings is 1. The van der Waals surface area contributed by atoms with Crippen molar-refractivity contribution in [3.63, 3.8) is 0 Å². The molecule has 1 aromatic carbocycles. The molecule has 3 heteroatoms. The molecule has 0 radical (unpaired) electrons. The van der Waals surface area contributed by atoms with Crippen molar-refractivity contribution in [3.8, 4) is 22.8 Å². The minimum absolute atomic E-state index is 0.610. The molecule has 0 spiro atoms. The summed E-state index contributed by atoms with van der Waals surface area (Å²) in [5.41, 5.74) is 1.99. The van der Waals surface area contributed by atoms with Gasteiger partial charge in [-0.25, -0.2) is 0 Å². The van der Waals surface area contributed by atoms with E-state index in [1.165, 1.54) is 0 Å². The van der Waals surface area contributed by atoms with E-state index in [0.29, 0.717) is 13.2 Å². The highest BCUT2D eigenvalue weighted by Gasteiger charge is 2.12. The first-order valence-electron chi connectivity index (χ1n) is 5.24. The van der Waals surface area contributed by atoms with Gasteiger partial charge in [0, 0.05) is 11.8 Å². The van der Waals surface area contributed by atoms with Crippen molar-refractivity contribution >= 4 is 0 Å². The second kappa shape index (κ2) is 3.85. The number of benzene rings is 1. The van der Waals surface area contributed by atoms with Crippen LogP contribution in [0.5, 0.6) is 11.5 Å². The fourth-order valence-electron chi connectivity index (χ4n) is 1.74. The van der Waals surface area contributed by atoms with Crippen LogP contribution < -0.4 is 9.47 Å². The van der Waals surface area contributed by atoms with Gasteiger partial charge in [-0.2, -0.15) is 0 Å². The predicted molar refractivity (Wildman–Crippen MR) is 60.7 cm³/mol. The van der Waals surface area contributed by atoms with Crippen molar-refractivity contribution in [3.05, 3.63) is 42.6 Å². The van der Waals surface area contributed by atoms with Crippen LogP contribution in [0.4, 0.5) is 0 Å². The van der Waals surface area contributed by atoms with Crippen molar-refractivity contribution in [2.24, 2.45) is 0 Å². The summed E-state index contributed by atoms with van der Waals surface area (Å²) in [6.07, 6.45) is 1.78. The number of hydrogen-bond donors (Lipinski definition) is 0. The summed E-state index contributed by atoms with van der Waals surface area (Å²) < 4.78 is 11.0. The summed E-state index contributed by atoms with van der Waals surface area (Å²) in [6.45, 7) is 1.23. The lowest BCUT2D eigenvalue weighted by Gasteiger charge is -2.18. The van der Waals surface area contributed by atoms with Crippen molar-refractivity contribution in [2.75, 3.05) is 13.2 Å². The van der Waals surface area contributed by atoms with Gasteiger partial charge in [0.2, 0.25) is 0 Å². The van der Waals surface area contributed by atoms with E-state index in [4.69, 9.17) is 9.47 Å². The third-order valence-electron chi connectivity index (χ3n) is 2.50. The number of rotatable bonds is 1. The average Bonchev–Trinajstić information content (AvgIpc) is 2.39. The van der Waals surface area contributed by atoms with Gasteiger partial charge < -0.3 is 9.47 Å². The number of aromatic nitrogens is 1. The molecule has 0 atom stereocenters. The lowest BCUT2D eigenvalue weighted by molar-refractivity contribution is 0.171. The Labute approximate surface area is 93.7 Å². The largest absolute Gasteiger partial charge is 0.486 e. The third-order valence-corrected chi connectivity index (χ3v) is 2.50. The van der Waals surface area contributed by atoms with E-state index in [0.717, 1.165) is 22.8 Å². The lowest BCUT2D eigenvalue weighted by atomic mass is 10.1. The summed E-state index contributed by atoms with van der Waals surface area (Å²) in [7, 11) is 0. The van der Waals surface area contributed by atoms with Crippen LogP contribution in [0, 0.1) is 0 Å². The first kappa shape index (κ1) is 9.21. The van der Waals surface area contributed by atoms with Crippen LogP contribution >= 0.6 is 0 Å². The molecule has 1 aromatic heterocycles. The number of fused-ring (bicyclic) bond motifs is 1. The van der Waals surface area contributed by atoms with Crippen LogP contribution in [-0.4, -0.2) is 18.2 Å². The minimum atomic E-state index is 0.610. The summed E-state index contributed by atoms with van der Waals surface area (Å²) in [5, 5.41) is 0. The van der Waals surface area contributed by atoms with Crippen LogP contribution in [0.1, 0.15) is 0 Å². The summed E-state index contributed by atoms with van der Waals surface area (Å²) >= 11 is 0. The summed E-state index contributed by atoms with van der Waals surface area (Å²) in [5.74, 6) is 1.61. The molecular formula is C13H11NO2. The molecule has 0 N–H and O–H groups in total. The number of hydrogen-bond acceptors (Lipinski definition) is 3. The SMILES string of the molecule is c1ccc(-c2ccc3c(c2)OCCO3)nc1. The first-order chi connectivity index (χ1) is 7.93. The van der Waals surface area contributed by atoms with Crippen LogP contribution in [-0.2, 0) is 0 Å². The summed E-state index contributed by atoms with van der Waals surface area (Å²) in [6, 6.07) is 11.7. The summed E-state index contributed by atoms with van der Waals surface area (Å²) in [4.78, 5) is 4.30. The number of nitrogens with zero attached hydrogens (tertiary/aromatic N) is 1. The Bertz CT molecular complexity index is 497. The molecular weight excluding hydrogens is 202 g/mol. The molecule has 0 fully saturated rings. The van der Waals surface area contributed by atoms with Crippen LogP contribution in [0.25, 0.3) is 11.3 Å². The predicted octanol–water partition coefficient (Wildman–Crippen LogP) is 2.52. The van der Waals surface area contributed by atoms with Gasteiger partial charge in [-0.05, 0) is 30.3 Å². The maximum atomic E-state index is 5.53. The second-order valence-electron chi connectivity index (χ2n) is 3.57. The van der Waals surface area contributed by atoms with Gasteiger partial charge in [-0.1, -0.05) is 6.07 Å². The maximum Gasteiger partial charge on any atom is 0.162 e. The van der Waals surface area contributed by atoms with Gasteiger partial charge >= 0.3 is 0 Å². The number of ether oxygens (including phenoxy) is 2. The highest BCUT2D eigenvalue weighted by molar-refractivity contribution is 5.63. The molecule has 3 rings (SSSR count). The molecule has 16 heavy (non-hydrogen) atoms. The van der Waals surface area contributed by atoms with Gasteiger partial charge in [0.15, 0.2) is 11.5 Å². The highest BCUT2D eigenvalue weighted by atomic mass is 16.6. The van der Waals surface area contributed by atoms with Gasteiger partial charge in [0.1, 0.15) is 13.2 Å². The molecule has 0 saturated heterocycles. The minimum Gasteiger partial charge on any atom is -0.486 e. The Morgan fingerprint density at radius 1 is 0.938 bits per heavy atom. The van der Waals surface area contributed by atoms with Crippen LogP contribution in [0.15, 0.2) is 42.6 Å². The molecule has 0 aliphatic carbocycles. The third kappa shape index (κ3) is 1.60. The zero-order chi connectivity index (χ0) is 10.8. The van der Waals surface area contributed by atoms with Crippen molar-refractivity contribution in [2.45, 2.75) is 0 Å². The topological polar surface area (TPSA) is 31.4 Å². The van der Waals surface area contributed by atoms with E-state index in [1.807, 2.05) is 36.4 Å². The Kier molecular flexibility index (Phi) is 2.22. The first-order valence-corrected chi connectivity index (χ1v) is 5.24. The molecule has 3 nitrogen and oxygen atoms in total. The molecule has 0 unspecified atom stereocenters. The lowest BCUT2D eigenvalue weighted by Crippen LogP contribution is -2.15. The van der Waals surface area contributed by atoms with E-state index in [9.17, 15) is 0 Å². The van der Waals surface area contributed by atoms with E-state index in [1.54, 1.807) is 6.20 Å². The molecule has 0 saturated carbocycles. The molecule has 1 aliphatic rings. The van der Waals surface area contributed by atoms with Crippen molar-refractivity contribution < 1.29 is 9.47 Å². The Morgan fingerprint density at radius 3 is 2.62 bits per heavy atom. The van der Waals surface area contributed by atoms with E-state index >= 15 is 0 Å². The molecule has 2 heterocycles. The Morgan fingerprint density at radius 2 is 1.81 bits per heavy atom. The zero-order valence-electron chi connectivity index (χ0n) is 8.72. The molecule has 0 bridgehead atoms. The Balaban J connectivity index is 2.03. The fraction of sp³-hybridized carbons (Fsp3) is 0.154. The molecule has 2 aromatic rings. The van der Waals surface area contributed by atoms with Crippen LogP contribution in [0.2, 0.25) is 0 Å². The second-order valence-corrected chi connectivity index (χ2v) is 3.57. The molecule has 1 aliphatic heterocycles. The van der Waals surface area contributed by atoms with E-state index < -0.39 is 0 Å². The van der Waals surface area contributed by atoms with Crippen molar-refractivity contribution in [1.29, 1.82) is 0 Å². The standard InChI is InChI=1S/C13H11NO2/c1-2-6-14-11(3-1)10-4-5-12-13(9-10)16-8-7-15-12/h1-6,9H,7-8H2. The van der Waals surface area contributed by atoms with Gasteiger partial charge in [-0.3, -0.25) is 4.98 Å². The zero-order valence-corrected chi connectivity index (χ0v) is 8.72. The van der Waals surface area contributed by atoms with Gasteiger partial charge in [-0.15, -0.1) is 0 Å². The monoisotopic (exact) mass is 213 g/mol.